The average molecular weight is 219 g/mol. The maximum absolute atomic E-state index is 11.6. The smallest absolute Gasteiger partial charge is 0.289 e. The van der Waals surface area contributed by atoms with Gasteiger partial charge in [0.1, 0.15) is 11.5 Å². The number of hydrogen-bond donors (Lipinski definition) is 4. The van der Waals surface area contributed by atoms with Gasteiger partial charge in [-0.05, 0) is 12.1 Å². The van der Waals surface area contributed by atoms with Gasteiger partial charge >= 0.3 is 0 Å². The molecule has 0 aliphatic carbocycles. The number of nitrogen functional groups attached to an aromatic ring is 1. The van der Waals surface area contributed by atoms with Crippen LogP contribution < -0.4 is 16.6 Å². The molecule has 0 atom stereocenters. The molecule has 7 nitrogen and oxygen atoms in total. The molecule has 0 aromatic carbocycles. The highest BCUT2D eigenvalue weighted by atomic mass is 16.2. The Morgan fingerprint density at radius 1 is 1.38 bits per heavy atom. The van der Waals surface area contributed by atoms with Crippen molar-refractivity contribution in [1.82, 2.24) is 15.2 Å². The van der Waals surface area contributed by atoms with Crippen LogP contribution in [0.25, 0.3) is 0 Å². The second-order valence-corrected chi connectivity index (χ2v) is 3.04. The molecule has 0 saturated carbocycles. The van der Waals surface area contributed by atoms with Crippen molar-refractivity contribution in [1.29, 1.82) is 0 Å². The first-order chi connectivity index (χ1) is 7.68. The number of amides is 1. The maximum atomic E-state index is 11.6. The van der Waals surface area contributed by atoms with Crippen LogP contribution in [0.5, 0.6) is 0 Å². The highest BCUT2D eigenvalue weighted by molar-refractivity contribution is 6.03. The van der Waals surface area contributed by atoms with Gasteiger partial charge in [-0.3, -0.25) is 24.8 Å². The summed E-state index contributed by atoms with van der Waals surface area (Å²) in [6.07, 6.45) is 1.49. The van der Waals surface area contributed by atoms with Crippen LogP contribution in [0.3, 0.4) is 0 Å². The molecule has 82 valence electrons. The molecular weight excluding hydrogens is 210 g/mol. The number of nitrogens with one attached hydrogen (secondary N) is 3. The van der Waals surface area contributed by atoms with Crippen molar-refractivity contribution < 1.29 is 4.79 Å². The van der Waals surface area contributed by atoms with Crippen LogP contribution in [0.1, 0.15) is 10.5 Å². The van der Waals surface area contributed by atoms with Crippen LogP contribution in [-0.4, -0.2) is 21.1 Å². The van der Waals surface area contributed by atoms with Crippen LogP contribution in [0.2, 0.25) is 0 Å². The third kappa shape index (κ3) is 1.78. The predicted molar refractivity (Wildman–Crippen MR) is 58.0 cm³/mol. The number of hydrogen-bond acceptors (Lipinski definition) is 4. The summed E-state index contributed by atoms with van der Waals surface area (Å²) < 4.78 is 0. The SMILES string of the molecule is Nc1[nH][nH]c(=O)c1NC(=O)c1ccccn1. The van der Waals surface area contributed by atoms with Gasteiger partial charge in [0.15, 0.2) is 5.69 Å². The molecule has 0 bridgehead atoms. The van der Waals surface area contributed by atoms with Crippen LogP contribution in [0.15, 0.2) is 29.2 Å². The summed E-state index contributed by atoms with van der Waals surface area (Å²) in [5.74, 6) is -0.410. The number of aromatic nitrogens is 3. The normalized spacial score (nSPS) is 10.0. The van der Waals surface area contributed by atoms with Crippen molar-refractivity contribution in [2.45, 2.75) is 0 Å². The van der Waals surface area contributed by atoms with E-state index in [1.165, 1.54) is 12.3 Å². The summed E-state index contributed by atoms with van der Waals surface area (Å²) in [6, 6.07) is 4.90. The lowest BCUT2D eigenvalue weighted by atomic mass is 10.3. The Balaban J connectivity index is 2.24. The molecule has 7 heteroatoms. The fourth-order valence-corrected chi connectivity index (χ4v) is 1.17. The van der Waals surface area contributed by atoms with E-state index in [0.717, 1.165) is 0 Å². The number of carbonyl (C=O) groups is 1. The van der Waals surface area contributed by atoms with Gasteiger partial charge in [0.05, 0.1) is 0 Å². The lowest BCUT2D eigenvalue weighted by Gasteiger charge is -2.01. The number of H-pyrrole nitrogens is 2. The van der Waals surface area contributed by atoms with Crippen LogP contribution in [-0.2, 0) is 0 Å². The molecule has 0 spiro atoms. The Kier molecular flexibility index (Phi) is 2.42. The summed E-state index contributed by atoms with van der Waals surface area (Å²) in [5.41, 5.74) is 5.17. The molecule has 1 amide bonds. The molecule has 0 saturated heterocycles. The van der Waals surface area contributed by atoms with E-state index in [2.05, 4.69) is 20.5 Å². The zero-order valence-corrected chi connectivity index (χ0v) is 8.15. The van der Waals surface area contributed by atoms with Gasteiger partial charge in [-0.2, -0.15) is 0 Å². The molecule has 2 rings (SSSR count). The molecule has 16 heavy (non-hydrogen) atoms. The molecular formula is C9H9N5O2. The molecule has 0 fully saturated rings. The standard InChI is InChI=1S/C9H9N5O2/c10-7-6(9(16)14-13-7)12-8(15)5-3-1-2-4-11-5/h1-4H,(H,12,15)(H4,10,13,14,16). The average Bonchev–Trinajstić information content (AvgIpc) is 2.62. The number of nitrogens with zero attached hydrogens (tertiary/aromatic N) is 1. The van der Waals surface area contributed by atoms with Crippen molar-refractivity contribution in [2.75, 3.05) is 11.1 Å². The minimum absolute atomic E-state index is 0.00402. The lowest BCUT2D eigenvalue weighted by molar-refractivity contribution is 0.102. The topological polar surface area (TPSA) is 117 Å². The lowest BCUT2D eigenvalue weighted by Crippen LogP contribution is -2.18. The van der Waals surface area contributed by atoms with E-state index in [9.17, 15) is 9.59 Å². The van der Waals surface area contributed by atoms with Crippen LogP contribution >= 0.6 is 0 Å². The Bertz CT molecular complexity index is 557. The molecule has 0 radical (unpaired) electrons. The fourth-order valence-electron chi connectivity index (χ4n) is 1.17. The molecule has 2 aromatic rings. The van der Waals surface area contributed by atoms with Crippen molar-refractivity contribution >= 4 is 17.4 Å². The minimum Gasteiger partial charge on any atom is -0.382 e. The number of pyridine rings is 1. The van der Waals surface area contributed by atoms with E-state index >= 15 is 0 Å². The quantitative estimate of drug-likeness (QED) is 0.565. The largest absolute Gasteiger partial charge is 0.382 e. The fraction of sp³-hybridized carbons (Fsp3) is 0. The van der Waals surface area contributed by atoms with E-state index in [0.29, 0.717) is 0 Å². The third-order valence-electron chi connectivity index (χ3n) is 1.94. The first-order valence-electron chi connectivity index (χ1n) is 4.47. The molecule has 2 aromatic heterocycles. The number of carbonyl (C=O) groups excluding carboxylic acids is 1. The van der Waals surface area contributed by atoms with E-state index in [-0.39, 0.29) is 17.2 Å². The summed E-state index contributed by atoms with van der Waals surface area (Å²) >= 11 is 0. The van der Waals surface area contributed by atoms with E-state index in [4.69, 9.17) is 5.73 Å². The molecule has 2 heterocycles. The second-order valence-electron chi connectivity index (χ2n) is 3.04. The van der Waals surface area contributed by atoms with Crippen molar-refractivity contribution in [3.05, 3.63) is 40.4 Å². The van der Waals surface area contributed by atoms with Gasteiger partial charge in [0, 0.05) is 6.20 Å². The van der Waals surface area contributed by atoms with Crippen molar-refractivity contribution in [3.63, 3.8) is 0 Å². The number of rotatable bonds is 2. The maximum Gasteiger partial charge on any atom is 0.289 e. The molecule has 5 N–H and O–H groups in total. The highest BCUT2D eigenvalue weighted by Crippen LogP contribution is 2.08. The molecule has 0 unspecified atom stereocenters. The van der Waals surface area contributed by atoms with Gasteiger partial charge in [-0.25, -0.2) is 0 Å². The molecule has 0 aliphatic heterocycles. The zero-order valence-electron chi connectivity index (χ0n) is 8.15. The zero-order chi connectivity index (χ0) is 11.5. The van der Waals surface area contributed by atoms with Crippen molar-refractivity contribution in [2.24, 2.45) is 0 Å². The van der Waals surface area contributed by atoms with E-state index < -0.39 is 11.5 Å². The summed E-state index contributed by atoms with van der Waals surface area (Å²) in [4.78, 5) is 26.7. The molecule has 0 aliphatic rings. The Morgan fingerprint density at radius 2 is 2.19 bits per heavy atom. The number of aromatic amines is 2. The van der Waals surface area contributed by atoms with Gasteiger partial charge in [-0.15, -0.1) is 0 Å². The Morgan fingerprint density at radius 3 is 2.75 bits per heavy atom. The Hall–Kier alpha value is -2.57. The predicted octanol–water partition coefficient (Wildman–Crippen LogP) is -0.0675. The third-order valence-corrected chi connectivity index (χ3v) is 1.94. The summed E-state index contributed by atoms with van der Waals surface area (Å²) in [5, 5.41) is 7.03. The highest BCUT2D eigenvalue weighted by Gasteiger charge is 2.12. The van der Waals surface area contributed by atoms with Gasteiger partial charge in [-0.1, -0.05) is 6.07 Å². The summed E-state index contributed by atoms with van der Waals surface area (Å²) in [6.45, 7) is 0. The summed E-state index contributed by atoms with van der Waals surface area (Å²) in [7, 11) is 0. The minimum atomic E-state index is -0.489. The second kappa shape index (κ2) is 3.89. The van der Waals surface area contributed by atoms with Crippen LogP contribution in [0, 0.1) is 0 Å². The van der Waals surface area contributed by atoms with Gasteiger partial charge in [0.25, 0.3) is 11.5 Å². The first kappa shape index (κ1) is 9.97. The van der Waals surface area contributed by atoms with Crippen LogP contribution in [0.4, 0.5) is 11.5 Å². The van der Waals surface area contributed by atoms with E-state index in [1.807, 2.05) is 0 Å². The van der Waals surface area contributed by atoms with Crippen molar-refractivity contribution in [3.8, 4) is 0 Å². The Labute approximate surface area is 89.7 Å². The first-order valence-corrected chi connectivity index (χ1v) is 4.47. The monoisotopic (exact) mass is 219 g/mol. The van der Waals surface area contributed by atoms with Gasteiger partial charge in [0.2, 0.25) is 0 Å². The van der Waals surface area contributed by atoms with Gasteiger partial charge < -0.3 is 11.1 Å². The van der Waals surface area contributed by atoms with E-state index in [1.54, 1.807) is 12.1 Å². The number of nitrogens with two attached hydrogens (primary N) is 1. The number of anilines is 2.